The summed E-state index contributed by atoms with van der Waals surface area (Å²) in [4.78, 5) is 15.0. The van der Waals surface area contributed by atoms with Gasteiger partial charge in [0, 0.05) is 6.20 Å². The second-order valence-corrected chi connectivity index (χ2v) is 2.81. The molecule has 0 saturated heterocycles. The highest BCUT2D eigenvalue weighted by molar-refractivity contribution is 5.99. The Labute approximate surface area is 70.0 Å². The number of rotatable bonds is 0. The molecule has 1 aliphatic rings. The molecule has 2 heterocycles. The second kappa shape index (κ2) is 2.48. The number of carbonyl (C=O) groups excluding carboxylic acids is 1. The number of anilines is 2. The van der Waals surface area contributed by atoms with Crippen LogP contribution in [0.25, 0.3) is 0 Å². The van der Waals surface area contributed by atoms with Crippen LogP contribution in [0.15, 0.2) is 12.3 Å². The molecule has 1 aliphatic heterocycles. The highest BCUT2D eigenvalue weighted by atomic mass is 16.2. The Morgan fingerprint density at radius 3 is 3.25 bits per heavy atom. The first-order chi connectivity index (χ1) is 5.75. The summed E-state index contributed by atoms with van der Waals surface area (Å²) in [6, 6.07) is 1.96. The minimum Gasteiger partial charge on any atom is -0.373 e. The zero-order valence-electron chi connectivity index (χ0n) is 6.72. The van der Waals surface area contributed by atoms with Gasteiger partial charge < -0.3 is 10.6 Å². The predicted molar refractivity (Wildman–Crippen MR) is 46.1 cm³/mol. The van der Waals surface area contributed by atoms with Crippen LogP contribution in [0.2, 0.25) is 0 Å². The number of hydrogen-bond donors (Lipinski definition) is 2. The van der Waals surface area contributed by atoms with Crippen molar-refractivity contribution < 1.29 is 4.79 Å². The first-order valence-corrected chi connectivity index (χ1v) is 3.76. The summed E-state index contributed by atoms with van der Waals surface area (Å²) in [5.74, 6) is 0.579. The smallest absolute Gasteiger partial charge is 0.244 e. The lowest BCUT2D eigenvalue weighted by Gasteiger charge is -2.17. The molecular formula is C8H9N3O. The van der Waals surface area contributed by atoms with Gasteiger partial charge in [-0.05, 0) is 18.6 Å². The van der Waals surface area contributed by atoms with Crippen molar-refractivity contribution in [3.8, 4) is 0 Å². The van der Waals surface area contributed by atoms with Crippen LogP contribution in [0.3, 0.4) is 0 Å². The molecule has 0 fully saturated rings. The number of hydrogen-bond acceptors (Lipinski definition) is 3. The predicted octanol–water partition coefficient (Wildman–Crippen LogP) is 0.754. The number of nitrogens with one attached hydrogen (secondary N) is 2. The third kappa shape index (κ3) is 1.11. The van der Waals surface area contributed by atoms with Gasteiger partial charge >= 0.3 is 0 Å². The molecule has 0 aromatic carbocycles. The topological polar surface area (TPSA) is 54.0 Å². The average molecular weight is 163 g/mol. The quantitative estimate of drug-likeness (QED) is 0.593. The third-order valence-electron chi connectivity index (χ3n) is 1.72. The van der Waals surface area contributed by atoms with Gasteiger partial charge in [-0.15, -0.1) is 0 Å². The summed E-state index contributed by atoms with van der Waals surface area (Å²) in [5.41, 5.74) is 1.98. The number of aryl methyl sites for hydroxylation is 1. The molecule has 4 nitrogen and oxygen atoms in total. The maximum atomic E-state index is 10.9. The van der Waals surface area contributed by atoms with Gasteiger partial charge in [-0.1, -0.05) is 0 Å². The normalized spacial score (nSPS) is 14.6. The summed E-state index contributed by atoms with van der Waals surface area (Å²) in [6.45, 7) is 2.30. The van der Waals surface area contributed by atoms with E-state index >= 15 is 0 Å². The molecule has 1 amide bonds. The lowest BCUT2D eigenvalue weighted by molar-refractivity contribution is -0.114. The van der Waals surface area contributed by atoms with Gasteiger partial charge in [-0.2, -0.15) is 0 Å². The van der Waals surface area contributed by atoms with Gasteiger partial charge in [0.15, 0.2) is 5.82 Å². The number of amides is 1. The van der Waals surface area contributed by atoms with E-state index in [-0.39, 0.29) is 5.91 Å². The van der Waals surface area contributed by atoms with Crippen LogP contribution < -0.4 is 10.6 Å². The zero-order chi connectivity index (χ0) is 8.55. The maximum Gasteiger partial charge on any atom is 0.244 e. The lowest BCUT2D eigenvalue weighted by Crippen LogP contribution is -2.28. The van der Waals surface area contributed by atoms with Gasteiger partial charge in [0.1, 0.15) is 0 Å². The minimum absolute atomic E-state index is 0.0427. The SMILES string of the molecule is Cc1cnc2c(c1)NCC(=O)N2. The van der Waals surface area contributed by atoms with E-state index in [2.05, 4.69) is 15.6 Å². The van der Waals surface area contributed by atoms with Gasteiger partial charge in [-0.25, -0.2) is 4.98 Å². The molecule has 2 rings (SSSR count). The molecular weight excluding hydrogens is 154 g/mol. The molecule has 2 N–H and O–H groups in total. The Morgan fingerprint density at radius 1 is 1.58 bits per heavy atom. The van der Waals surface area contributed by atoms with E-state index in [9.17, 15) is 4.79 Å². The number of nitrogens with zero attached hydrogens (tertiary/aromatic N) is 1. The zero-order valence-corrected chi connectivity index (χ0v) is 6.72. The van der Waals surface area contributed by atoms with E-state index in [0.29, 0.717) is 12.4 Å². The van der Waals surface area contributed by atoms with Crippen molar-refractivity contribution in [1.29, 1.82) is 0 Å². The molecule has 1 aromatic heterocycles. The van der Waals surface area contributed by atoms with Crippen LogP contribution in [-0.4, -0.2) is 17.4 Å². The highest BCUT2D eigenvalue weighted by Gasteiger charge is 2.13. The van der Waals surface area contributed by atoms with Crippen LogP contribution in [0, 0.1) is 6.92 Å². The third-order valence-corrected chi connectivity index (χ3v) is 1.72. The molecule has 62 valence electrons. The highest BCUT2D eigenvalue weighted by Crippen LogP contribution is 2.21. The fraction of sp³-hybridized carbons (Fsp3) is 0.250. The fourth-order valence-corrected chi connectivity index (χ4v) is 1.16. The van der Waals surface area contributed by atoms with Gasteiger partial charge in [0.05, 0.1) is 12.2 Å². The molecule has 4 heteroatoms. The van der Waals surface area contributed by atoms with Crippen LogP contribution in [-0.2, 0) is 4.79 Å². The summed E-state index contributed by atoms with van der Waals surface area (Å²) in [7, 11) is 0. The molecule has 0 spiro atoms. The van der Waals surface area contributed by atoms with E-state index in [1.807, 2.05) is 13.0 Å². The molecule has 0 atom stereocenters. The number of pyridine rings is 1. The van der Waals surface area contributed by atoms with Crippen molar-refractivity contribution in [2.45, 2.75) is 6.92 Å². The van der Waals surface area contributed by atoms with Crippen LogP contribution >= 0.6 is 0 Å². The lowest BCUT2D eigenvalue weighted by atomic mass is 10.2. The van der Waals surface area contributed by atoms with Crippen molar-refractivity contribution >= 4 is 17.4 Å². The average Bonchev–Trinajstić information content (AvgIpc) is 2.05. The Hall–Kier alpha value is -1.58. The van der Waals surface area contributed by atoms with E-state index in [1.165, 1.54) is 0 Å². The maximum absolute atomic E-state index is 10.9. The summed E-state index contributed by atoms with van der Waals surface area (Å²) >= 11 is 0. The number of aromatic nitrogens is 1. The fourth-order valence-electron chi connectivity index (χ4n) is 1.16. The van der Waals surface area contributed by atoms with Crippen LogP contribution in [0.1, 0.15) is 5.56 Å². The summed E-state index contributed by atoms with van der Waals surface area (Å²) in [5, 5.41) is 5.65. The minimum atomic E-state index is -0.0427. The van der Waals surface area contributed by atoms with E-state index in [0.717, 1.165) is 11.3 Å². The molecule has 1 aromatic rings. The number of carbonyl (C=O) groups is 1. The molecule has 0 unspecified atom stereocenters. The van der Waals surface area contributed by atoms with Crippen LogP contribution in [0.5, 0.6) is 0 Å². The van der Waals surface area contributed by atoms with Crippen LogP contribution in [0.4, 0.5) is 11.5 Å². The van der Waals surface area contributed by atoms with E-state index in [4.69, 9.17) is 0 Å². The molecule has 0 aliphatic carbocycles. The Balaban J connectivity index is 2.43. The summed E-state index contributed by atoms with van der Waals surface area (Å²) in [6.07, 6.45) is 1.73. The Kier molecular flexibility index (Phi) is 1.46. The Morgan fingerprint density at radius 2 is 2.42 bits per heavy atom. The van der Waals surface area contributed by atoms with Gasteiger partial charge in [-0.3, -0.25) is 4.79 Å². The first kappa shape index (κ1) is 7.09. The molecule has 0 saturated carbocycles. The van der Waals surface area contributed by atoms with Gasteiger partial charge in [0.25, 0.3) is 0 Å². The second-order valence-electron chi connectivity index (χ2n) is 2.81. The molecule has 0 bridgehead atoms. The van der Waals surface area contributed by atoms with Crippen molar-refractivity contribution in [2.75, 3.05) is 17.2 Å². The monoisotopic (exact) mass is 163 g/mol. The molecule has 0 radical (unpaired) electrons. The summed E-state index contributed by atoms with van der Waals surface area (Å²) < 4.78 is 0. The molecule has 12 heavy (non-hydrogen) atoms. The van der Waals surface area contributed by atoms with Crippen molar-refractivity contribution in [2.24, 2.45) is 0 Å². The van der Waals surface area contributed by atoms with Gasteiger partial charge in [0.2, 0.25) is 5.91 Å². The first-order valence-electron chi connectivity index (χ1n) is 3.76. The van der Waals surface area contributed by atoms with E-state index in [1.54, 1.807) is 6.20 Å². The van der Waals surface area contributed by atoms with Crippen molar-refractivity contribution in [3.05, 3.63) is 17.8 Å². The van der Waals surface area contributed by atoms with Crippen molar-refractivity contribution in [1.82, 2.24) is 4.98 Å². The van der Waals surface area contributed by atoms with Crippen molar-refractivity contribution in [3.63, 3.8) is 0 Å². The standard InChI is InChI=1S/C8H9N3O/c1-5-2-6-8(10-3-5)11-7(12)4-9-6/h2-3,9H,4H2,1H3,(H,10,11,12). The Bertz CT molecular complexity index is 335. The number of fused-ring (bicyclic) bond motifs is 1. The van der Waals surface area contributed by atoms with E-state index < -0.39 is 0 Å². The largest absolute Gasteiger partial charge is 0.373 e.